The number of aromatic nitrogens is 1. The number of rotatable bonds is 5. The minimum Gasteiger partial charge on any atom is -0.394 e. The lowest BCUT2D eigenvalue weighted by molar-refractivity contribution is 0.0893. The third-order valence-corrected chi connectivity index (χ3v) is 3.90. The van der Waals surface area contributed by atoms with Crippen LogP contribution in [0.2, 0.25) is 0 Å². The molecule has 1 aromatic carbocycles. The molecule has 5 nitrogen and oxygen atoms in total. The summed E-state index contributed by atoms with van der Waals surface area (Å²) < 4.78 is 0. The second kappa shape index (κ2) is 6.54. The Hall–Kier alpha value is -2.14. The predicted molar refractivity (Wildman–Crippen MR) is 82.4 cm³/mol. The first-order valence-electron chi connectivity index (χ1n) is 7.10. The van der Waals surface area contributed by atoms with Gasteiger partial charge >= 0.3 is 0 Å². The standard InChI is InChI=1S/C16H20N2O3/c1-3-10(2)14(9-19)18-16(21)13-8-17-15(20)12-7-5-4-6-11(12)13/h4-8,10,14,19H,3,9H2,1-2H3,(H,17,20)(H,18,21)/t10-,14+/m0/s1. The van der Waals surface area contributed by atoms with Gasteiger partial charge in [-0.15, -0.1) is 0 Å². The Morgan fingerprint density at radius 3 is 2.62 bits per heavy atom. The summed E-state index contributed by atoms with van der Waals surface area (Å²) in [6.07, 6.45) is 2.28. The molecule has 2 atom stereocenters. The van der Waals surface area contributed by atoms with Gasteiger partial charge in [0.2, 0.25) is 0 Å². The van der Waals surface area contributed by atoms with Crippen molar-refractivity contribution in [1.82, 2.24) is 10.3 Å². The number of aromatic amines is 1. The highest BCUT2D eigenvalue weighted by atomic mass is 16.3. The molecule has 0 bridgehead atoms. The topological polar surface area (TPSA) is 82.2 Å². The van der Waals surface area contributed by atoms with Crippen molar-refractivity contribution >= 4 is 16.7 Å². The molecule has 3 N–H and O–H groups in total. The van der Waals surface area contributed by atoms with Crippen molar-refractivity contribution in [3.63, 3.8) is 0 Å². The Kier molecular flexibility index (Phi) is 4.75. The molecule has 1 heterocycles. The number of pyridine rings is 1. The number of nitrogens with one attached hydrogen (secondary N) is 2. The van der Waals surface area contributed by atoms with Gasteiger partial charge in [0, 0.05) is 17.0 Å². The maximum Gasteiger partial charge on any atom is 0.255 e. The first-order valence-corrected chi connectivity index (χ1v) is 7.10. The fraction of sp³-hybridized carbons (Fsp3) is 0.375. The van der Waals surface area contributed by atoms with Crippen LogP contribution in [0.25, 0.3) is 10.8 Å². The molecule has 0 saturated heterocycles. The van der Waals surface area contributed by atoms with Gasteiger partial charge < -0.3 is 15.4 Å². The summed E-state index contributed by atoms with van der Waals surface area (Å²) in [5, 5.41) is 13.3. The van der Waals surface area contributed by atoms with Crippen LogP contribution < -0.4 is 10.9 Å². The highest BCUT2D eigenvalue weighted by Crippen LogP contribution is 2.15. The van der Waals surface area contributed by atoms with Gasteiger partial charge in [-0.1, -0.05) is 38.5 Å². The van der Waals surface area contributed by atoms with Crippen molar-refractivity contribution in [3.05, 3.63) is 46.4 Å². The maximum absolute atomic E-state index is 12.4. The molecule has 0 fully saturated rings. The third kappa shape index (κ3) is 3.13. The minimum absolute atomic E-state index is 0.109. The smallest absolute Gasteiger partial charge is 0.255 e. The molecule has 0 aliphatic carbocycles. The van der Waals surface area contributed by atoms with Crippen LogP contribution in [0.15, 0.2) is 35.3 Å². The van der Waals surface area contributed by atoms with Gasteiger partial charge in [-0.25, -0.2) is 0 Å². The number of H-pyrrole nitrogens is 1. The van der Waals surface area contributed by atoms with E-state index in [4.69, 9.17) is 0 Å². The normalized spacial score (nSPS) is 13.9. The fourth-order valence-corrected chi connectivity index (χ4v) is 2.30. The molecule has 2 rings (SSSR count). The molecular weight excluding hydrogens is 268 g/mol. The molecule has 0 spiro atoms. The van der Waals surface area contributed by atoms with Crippen LogP contribution >= 0.6 is 0 Å². The van der Waals surface area contributed by atoms with E-state index in [0.717, 1.165) is 6.42 Å². The minimum atomic E-state index is -0.298. The number of aliphatic hydroxyl groups excluding tert-OH is 1. The monoisotopic (exact) mass is 288 g/mol. The Morgan fingerprint density at radius 2 is 2.00 bits per heavy atom. The molecule has 21 heavy (non-hydrogen) atoms. The van der Waals surface area contributed by atoms with Crippen molar-refractivity contribution < 1.29 is 9.90 Å². The van der Waals surface area contributed by atoms with Gasteiger partial charge in [-0.2, -0.15) is 0 Å². The summed E-state index contributed by atoms with van der Waals surface area (Å²) in [7, 11) is 0. The Labute approximate surface area is 123 Å². The van der Waals surface area contributed by atoms with Gasteiger partial charge in [0.25, 0.3) is 11.5 Å². The van der Waals surface area contributed by atoms with Crippen molar-refractivity contribution in [1.29, 1.82) is 0 Å². The van der Waals surface area contributed by atoms with Crippen LogP contribution in [-0.2, 0) is 0 Å². The van der Waals surface area contributed by atoms with Gasteiger partial charge in [0.15, 0.2) is 0 Å². The van der Waals surface area contributed by atoms with Crippen LogP contribution in [0.4, 0.5) is 0 Å². The largest absolute Gasteiger partial charge is 0.394 e. The molecule has 0 unspecified atom stereocenters. The van der Waals surface area contributed by atoms with Crippen LogP contribution in [0, 0.1) is 5.92 Å². The zero-order valence-corrected chi connectivity index (χ0v) is 12.2. The lowest BCUT2D eigenvalue weighted by atomic mass is 9.99. The van der Waals surface area contributed by atoms with Gasteiger partial charge in [0.05, 0.1) is 18.2 Å². The molecule has 1 aromatic heterocycles. The fourth-order valence-electron chi connectivity index (χ4n) is 2.30. The molecule has 0 radical (unpaired) electrons. The molecule has 0 aliphatic rings. The summed E-state index contributed by atoms with van der Waals surface area (Å²) in [6, 6.07) is 6.68. The van der Waals surface area contributed by atoms with Crippen molar-refractivity contribution in [2.45, 2.75) is 26.3 Å². The van der Waals surface area contributed by atoms with E-state index in [2.05, 4.69) is 10.3 Å². The highest BCUT2D eigenvalue weighted by molar-refractivity contribution is 6.06. The van der Waals surface area contributed by atoms with Crippen LogP contribution in [-0.4, -0.2) is 28.6 Å². The molecule has 0 aliphatic heterocycles. The van der Waals surface area contributed by atoms with Crippen LogP contribution in [0.1, 0.15) is 30.6 Å². The number of carbonyl (C=O) groups excluding carboxylic acids is 1. The molecule has 0 saturated carbocycles. The molecule has 112 valence electrons. The summed E-state index contributed by atoms with van der Waals surface area (Å²) in [5.41, 5.74) is 0.190. The average molecular weight is 288 g/mol. The molecule has 1 amide bonds. The van der Waals surface area contributed by atoms with E-state index in [-0.39, 0.29) is 30.0 Å². The summed E-state index contributed by atoms with van der Waals surface area (Å²) >= 11 is 0. The van der Waals surface area contributed by atoms with Crippen molar-refractivity contribution in [2.75, 3.05) is 6.61 Å². The highest BCUT2D eigenvalue weighted by Gasteiger charge is 2.19. The van der Waals surface area contributed by atoms with E-state index in [9.17, 15) is 14.7 Å². The van der Waals surface area contributed by atoms with E-state index in [1.165, 1.54) is 6.20 Å². The Morgan fingerprint density at radius 1 is 1.33 bits per heavy atom. The molecular formula is C16H20N2O3. The molecule has 2 aromatic rings. The first kappa shape index (κ1) is 15.3. The number of fused-ring (bicyclic) bond motifs is 1. The number of hydrogen-bond donors (Lipinski definition) is 3. The first-order chi connectivity index (χ1) is 10.1. The van der Waals surface area contributed by atoms with E-state index in [0.29, 0.717) is 16.3 Å². The SMILES string of the molecule is CC[C@H](C)[C@@H](CO)NC(=O)c1c[nH]c(=O)c2ccccc12. The van der Waals surface area contributed by atoms with Gasteiger partial charge in [-0.05, 0) is 12.0 Å². The Bertz CT molecular complexity index is 693. The van der Waals surface area contributed by atoms with Crippen LogP contribution in [0.3, 0.4) is 0 Å². The average Bonchev–Trinajstić information content (AvgIpc) is 2.52. The van der Waals surface area contributed by atoms with Crippen molar-refractivity contribution in [2.24, 2.45) is 5.92 Å². The lowest BCUT2D eigenvalue weighted by Crippen LogP contribution is -2.42. The zero-order valence-electron chi connectivity index (χ0n) is 12.2. The van der Waals surface area contributed by atoms with E-state index < -0.39 is 0 Å². The number of carbonyl (C=O) groups is 1. The number of hydrogen-bond acceptors (Lipinski definition) is 3. The van der Waals surface area contributed by atoms with Gasteiger partial charge in [0.1, 0.15) is 0 Å². The van der Waals surface area contributed by atoms with Crippen LogP contribution in [0.5, 0.6) is 0 Å². The van der Waals surface area contributed by atoms with Gasteiger partial charge in [-0.3, -0.25) is 9.59 Å². The summed E-state index contributed by atoms with van der Waals surface area (Å²) in [4.78, 5) is 26.8. The third-order valence-electron chi connectivity index (χ3n) is 3.90. The number of benzene rings is 1. The van der Waals surface area contributed by atoms with Crippen molar-refractivity contribution in [3.8, 4) is 0 Å². The summed E-state index contributed by atoms with van der Waals surface area (Å²) in [6.45, 7) is 3.88. The predicted octanol–water partition coefficient (Wildman–Crippen LogP) is 1.66. The quantitative estimate of drug-likeness (QED) is 0.782. The van der Waals surface area contributed by atoms with E-state index >= 15 is 0 Å². The summed E-state index contributed by atoms with van der Waals surface area (Å²) in [5.74, 6) is -0.116. The number of amides is 1. The molecule has 5 heteroatoms. The van der Waals surface area contributed by atoms with E-state index in [1.807, 2.05) is 13.8 Å². The lowest BCUT2D eigenvalue weighted by Gasteiger charge is -2.22. The number of aliphatic hydroxyl groups is 1. The zero-order chi connectivity index (χ0) is 15.4. The second-order valence-corrected chi connectivity index (χ2v) is 5.23. The maximum atomic E-state index is 12.4. The van der Waals surface area contributed by atoms with E-state index in [1.54, 1.807) is 24.3 Å². The Balaban J connectivity index is 2.36. The second-order valence-electron chi connectivity index (χ2n) is 5.23.